The number of benzene rings is 2. The molecule has 0 radical (unpaired) electrons. The summed E-state index contributed by atoms with van der Waals surface area (Å²) in [6.07, 6.45) is 0. The number of carbonyl (C=O) groups excluding carboxylic acids is 4. The number of carbonyl (C=O) groups is 4. The molecule has 2 aromatic carbocycles. The van der Waals surface area contributed by atoms with Gasteiger partial charge in [-0.2, -0.15) is 0 Å². The summed E-state index contributed by atoms with van der Waals surface area (Å²) in [5.41, 5.74) is 0.381. The van der Waals surface area contributed by atoms with Crippen LogP contribution in [-0.2, 0) is 23.9 Å². The number of ether oxygens (including phenoxy) is 3. The predicted molar refractivity (Wildman–Crippen MR) is 123 cm³/mol. The number of rotatable bonds is 8. The van der Waals surface area contributed by atoms with Crippen LogP contribution in [0.15, 0.2) is 60.7 Å². The molecule has 1 N–H and O–H groups in total. The summed E-state index contributed by atoms with van der Waals surface area (Å²) in [7, 11) is 1.24. The van der Waals surface area contributed by atoms with Crippen molar-refractivity contribution in [2.75, 3.05) is 20.3 Å². The van der Waals surface area contributed by atoms with Gasteiger partial charge in [0.1, 0.15) is 29.8 Å². The third kappa shape index (κ3) is 4.58. The second-order valence-corrected chi connectivity index (χ2v) is 9.73. The zero-order chi connectivity index (χ0) is 24.3. The number of para-hydroxylation sites is 1. The van der Waals surface area contributed by atoms with Crippen LogP contribution in [0, 0.1) is 0 Å². The van der Waals surface area contributed by atoms with E-state index in [4.69, 9.17) is 14.2 Å². The van der Waals surface area contributed by atoms with Gasteiger partial charge in [0.15, 0.2) is 6.61 Å². The summed E-state index contributed by atoms with van der Waals surface area (Å²) >= 11 is 1.29. The van der Waals surface area contributed by atoms with Crippen molar-refractivity contribution in [3.05, 3.63) is 66.2 Å². The first-order chi connectivity index (χ1) is 16.3. The van der Waals surface area contributed by atoms with Crippen molar-refractivity contribution in [3.8, 4) is 5.75 Å². The van der Waals surface area contributed by atoms with Gasteiger partial charge in [-0.1, -0.05) is 36.4 Å². The number of thioether (sulfide) groups is 1. The SMILES string of the molecule is COC(=O)C1N2C(=O)C(NC(=O)COc3ccccc3)[C@@H]2S[C@@]1(C)COC(=O)c1ccccc1. The van der Waals surface area contributed by atoms with Crippen LogP contribution in [0.1, 0.15) is 17.3 Å². The molecule has 2 fully saturated rings. The lowest BCUT2D eigenvalue weighted by Crippen LogP contribution is -2.71. The van der Waals surface area contributed by atoms with Crippen LogP contribution in [0.25, 0.3) is 0 Å². The number of nitrogens with one attached hydrogen (secondary N) is 1. The van der Waals surface area contributed by atoms with Crippen molar-refractivity contribution >= 4 is 35.5 Å². The number of hydrogen-bond acceptors (Lipinski definition) is 8. The van der Waals surface area contributed by atoms with Crippen molar-refractivity contribution in [3.63, 3.8) is 0 Å². The summed E-state index contributed by atoms with van der Waals surface area (Å²) in [6.45, 7) is 1.36. The Hall–Kier alpha value is -3.53. The highest BCUT2D eigenvalue weighted by Crippen LogP contribution is 2.51. The molecule has 0 bridgehead atoms. The monoisotopic (exact) mass is 484 g/mol. The minimum Gasteiger partial charge on any atom is -0.484 e. The molecule has 2 aliphatic rings. The number of amides is 2. The Morgan fingerprint density at radius 2 is 1.71 bits per heavy atom. The summed E-state index contributed by atoms with van der Waals surface area (Å²) in [5.74, 6) is -1.47. The van der Waals surface area contributed by atoms with E-state index in [1.165, 1.54) is 23.8 Å². The molecule has 2 heterocycles. The van der Waals surface area contributed by atoms with Gasteiger partial charge in [0.25, 0.3) is 5.91 Å². The van der Waals surface area contributed by atoms with E-state index in [9.17, 15) is 19.2 Å². The van der Waals surface area contributed by atoms with Gasteiger partial charge < -0.3 is 24.4 Å². The van der Waals surface area contributed by atoms with Crippen molar-refractivity contribution in [2.24, 2.45) is 0 Å². The lowest BCUT2D eigenvalue weighted by molar-refractivity contribution is -0.163. The number of nitrogens with zero attached hydrogens (tertiary/aromatic N) is 1. The Labute approximate surface area is 200 Å². The van der Waals surface area contributed by atoms with Gasteiger partial charge in [-0.25, -0.2) is 9.59 Å². The fourth-order valence-corrected chi connectivity index (χ4v) is 5.66. The van der Waals surface area contributed by atoms with Crippen LogP contribution >= 0.6 is 11.8 Å². The Morgan fingerprint density at radius 1 is 1.06 bits per heavy atom. The third-order valence-electron chi connectivity index (χ3n) is 5.68. The topological polar surface area (TPSA) is 111 Å². The summed E-state index contributed by atoms with van der Waals surface area (Å²) in [5, 5.41) is 2.18. The average Bonchev–Trinajstić information content (AvgIpc) is 3.15. The number of fused-ring (bicyclic) bond motifs is 1. The van der Waals surface area contributed by atoms with E-state index in [-0.39, 0.29) is 13.2 Å². The quantitative estimate of drug-likeness (QED) is 0.445. The van der Waals surface area contributed by atoms with Crippen molar-refractivity contribution in [1.29, 1.82) is 0 Å². The second-order valence-electron chi connectivity index (χ2n) is 8.08. The smallest absolute Gasteiger partial charge is 0.338 e. The van der Waals surface area contributed by atoms with Crippen molar-refractivity contribution in [1.82, 2.24) is 10.2 Å². The molecule has 0 spiro atoms. The average molecular weight is 485 g/mol. The first-order valence-corrected chi connectivity index (χ1v) is 11.5. The lowest BCUT2D eigenvalue weighted by atomic mass is 9.95. The minimum atomic E-state index is -0.961. The molecule has 4 atom stereocenters. The zero-order valence-corrected chi connectivity index (χ0v) is 19.4. The van der Waals surface area contributed by atoms with E-state index in [1.807, 2.05) is 6.07 Å². The molecule has 2 saturated heterocycles. The van der Waals surface area contributed by atoms with Crippen LogP contribution < -0.4 is 10.1 Å². The number of hydrogen-bond donors (Lipinski definition) is 1. The van der Waals surface area contributed by atoms with Gasteiger partial charge in [0.05, 0.1) is 17.4 Å². The minimum absolute atomic E-state index is 0.122. The van der Waals surface area contributed by atoms with E-state index in [2.05, 4.69) is 5.32 Å². The van der Waals surface area contributed by atoms with Gasteiger partial charge in [0.2, 0.25) is 5.91 Å². The molecule has 4 rings (SSSR count). The van der Waals surface area contributed by atoms with Crippen LogP contribution in [0.3, 0.4) is 0 Å². The normalized spacial score (nSPS) is 25.1. The summed E-state index contributed by atoms with van der Waals surface area (Å²) in [4.78, 5) is 51.7. The number of esters is 2. The van der Waals surface area contributed by atoms with E-state index < -0.39 is 46.0 Å². The molecule has 2 amide bonds. The Bertz CT molecular complexity index is 1080. The van der Waals surface area contributed by atoms with Crippen molar-refractivity contribution in [2.45, 2.75) is 29.1 Å². The molecular weight excluding hydrogens is 460 g/mol. The fraction of sp³-hybridized carbons (Fsp3) is 0.333. The largest absolute Gasteiger partial charge is 0.484 e. The molecule has 10 heteroatoms. The number of β-lactam (4-membered cyclic amide) rings is 1. The maximum Gasteiger partial charge on any atom is 0.338 e. The first kappa shape index (κ1) is 23.6. The highest BCUT2D eigenvalue weighted by atomic mass is 32.2. The molecule has 2 aliphatic heterocycles. The van der Waals surface area contributed by atoms with Crippen molar-refractivity contribution < 1.29 is 33.4 Å². The third-order valence-corrected chi connectivity index (χ3v) is 7.30. The highest BCUT2D eigenvalue weighted by molar-refractivity contribution is 8.01. The Kier molecular flexibility index (Phi) is 6.78. The molecule has 9 nitrogen and oxygen atoms in total. The number of methoxy groups -OCH3 is 1. The molecule has 34 heavy (non-hydrogen) atoms. The van der Waals surface area contributed by atoms with E-state index in [1.54, 1.807) is 61.5 Å². The Morgan fingerprint density at radius 3 is 2.35 bits per heavy atom. The molecule has 0 aliphatic carbocycles. The van der Waals surface area contributed by atoms with Gasteiger partial charge in [-0.15, -0.1) is 11.8 Å². The van der Waals surface area contributed by atoms with E-state index in [0.29, 0.717) is 11.3 Å². The van der Waals surface area contributed by atoms with Gasteiger partial charge in [-0.05, 0) is 31.2 Å². The molecular formula is C24H24N2O7S. The molecule has 0 aromatic heterocycles. The van der Waals surface area contributed by atoms with E-state index >= 15 is 0 Å². The van der Waals surface area contributed by atoms with Crippen LogP contribution in [0.2, 0.25) is 0 Å². The molecule has 0 saturated carbocycles. The molecule has 2 aromatic rings. The van der Waals surface area contributed by atoms with Gasteiger partial charge in [0, 0.05) is 0 Å². The Balaban J connectivity index is 1.41. The standard InChI is InChI=1S/C24H24N2O7S/c1-24(14-33-22(29)15-9-5-3-6-10-15)19(23(30)31-2)26-20(28)18(21(26)34-24)25-17(27)13-32-16-11-7-4-8-12-16/h3-12,18-19,21H,13-14H2,1-2H3,(H,25,27)/t18?,19?,21-,24-/m0/s1. The zero-order valence-electron chi connectivity index (χ0n) is 18.6. The second kappa shape index (κ2) is 9.76. The van der Waals surface area contributed by atoms with Crippen LogP contribution in [0.4, 0.5) is 0 Å². The van der Waals surface area contributed by atoms with E-state index in [0.717, 1.165) is 0 Å². The van der Waals surface area contributed by atoms with Crippen LogP contribution in [-0.4, -0.2) is 71.2 Å². The maximum absolute atomic E-state index is 12.9. The maximum atomic E-state index is 12.9. The van der Waals surface area contributed by atoms with Gasteiger partial charge >= 0.3 is 11.9 Å². The molecule has 2 unspecified atom stereocenters. The van der Waals surface area contributed by atoms with Crippen LogP contribution in [0.5, 0.6) is 5.75 Å². The first-order valence-electron chi connectivity index (χ1n) is 10.6. The lowest BCUT2D eigenvalue weighted by Gasteiger charge is -2.43. The fourth-order valence-electron chi connectivity index (χ4n) is 3.99. The highest BCUT2D eigenvalue weighted by Gasteiger charge is 2.66. The summed E-state index contributed by atoms with van der Waals surface area (Å²) in [6, 6.07) is 15.5. The summed E-state index contributed by atoms with van der Waals surface area (Å²) < 4.78 is 14.9. The van der Waals surface area contributed by atoms with Gasteiger partial charge in [-0.3, -0.25) is 9.59 Å². The predicted octanol–water partition coefficient (Wildman–Crippen LogP) is 1.62. The molecule has 178 valence electrons.